The molecular weight excluding hydrogens is 222 g/mol. The third-order valence-corrected chi connectivity index (χ3v) is 1.85. The zero-order valence-electron chi connectivity index (χ0n) is 8.54. The van der Waals surface area contributed by atoms with Gasteiger partial charge in [0.1, 0.15) is 22.9 Å². The van der Waals surface area contributed by atoms with Crippen LogP contribution >= 0.6 is 0 Å². The molecule has 1 aromatic rings. The van der Waals surface area contributed by atoms with Gasteiger partial charge < -0.3 is 9.47 Å². The van der Waals surface area contributed by atoms with Crippen molar-refractivity contribution in [3.05, 3.63) is 29.3 Å². The van der Waals surface area contributed by atoms with Gasteiger partial charge in [0, 0.05) is 12.1 Å². The van der Waals surface area contributed by atoms with Gasteiger partial charge in [-0.1, -0.05) is 0 Å². The topological polar surface area (TPSA) is 52.6 Å². The van der Waals surface area contributed by atoms with Crippen molar-refractivity contribution in [1.29, 1.82) is 0 Å². The molecule has 0 aliphatic carbocycles. The number of rotatable bonds is 3. The van der Waals surface area contributed by atoms with E-state index in [0.29, 0.717) is 0 Å². The number of carbonyl (C=O) groups is 2. The molecule has 1 aromatic carbocycles. The second-order valence-corrected chi connectivity index (χ2v) is 2.79. The fourth-order valence-corrected chi connectivity index (χ4v) is 1.08. The van der Waals surface area contributed by atoms with E-state index in [4.69, 9.17) is 0 Å². The fourth-order valence-electron chi connectivity index (χ4n) is 1.08. The first-order valence-electron chi connectivity index (χ1n) is 4.17. The number of benzene rings is 1. The van der Waals surface area contributed by atoms with E-state index in [-0.39, 0.29) is 5.75 Å². The van der Waals surface area contributed by atoms with E-state index in [2.05, 4.69) is 9.47 Å². The average Bonchev–Trinajstić information content (AvgIpc) is 2.26. The van der Waals surface area contributed by atoms with Crippen molar-refractivity contribution < 1.29 is 27.8 Å². The van der Waals surface area contributed by atoms with E-state index < -0.39 is 29.0 Å². The summed E-state index contributed by atoms with van der Waals surface area (Å²) in [4.78, 5) is 22.1. The summed E-state index contributed by atoms with van der Waals surface area (Å²) in [5.74, 6) is -5.14. The van der Waals surface area contributed by atoms with E-state index in [1.54, 1.807) is 0 Å². The summed E-state index contributed by atoms with van der Waals surface area (Å²) >= 11 is 0. The van der Waals surface area contributed by atoms with Crippen molar-refractivity contribution in [2.45, 2.75) is 0 Å². The first kappa shape index (κ1) is 12.1. The molecule has 0 amide bonds. The molecule has 0 aliphatic heterocycles. The number of ketones is 1. The lowest BCUT2D eigenvalue weighted by molar-refractivity contribution is -0.135. The molecule has 0 fully saturated rings. The predicted octanol–water partition coefficient (Wildman–Crippen LogP) is 1.33. The van der Waals surface area contributed by atoms with Crippen LogP contribution in [-0.4, -0.2) is 26.0 Å². The number of esters is 1. The zero-order chi connectivity index (χ0) is 12.3. The third-order valence-electron chi connectivity index (χ3n) is 1.85. The molecule has 1 rings (SSSR count). The summed E-state index contributed by atoms with van der Waals surface area (Å²) in [5.41, 5.74) is -0.951. The van der Waals surface area contributed by atoms with Gasteiger partial charge in [-0.2, -0.15) is 0 Å². The van der Waals surface area contributed by atoms with Gasteiger partial charge in [0.15, 0.2) is 0 Å². The first-order valence-corrected chi connectivity index (χ1v) is 4.17. The molecule has 0 bridgehead atoms. The van der Waals surface area contributed by atoms with Crippen LogP contribution < -0.4 is 4.74 Å². The van der Waals surface area contributed by atoms with E-state index in [1.165, 1.54) is 7.11 Å². The van der Waals surface area contributed by atoms with Crippen molar-refractivity contribution in [2.24, 2.45) is 0 Å². The molecule has 4 nitrogen and oxygen atoms in total. The van der Waals surface area contributed by atoms with Gasteiger partial charge in [0.25, 0.3) is 5.78 Å². The maximum absolute atomic E-state index is 13.3. The van der Waals surface area contributed by atoms with Gasteiger partial charge in [0.2, 0.25) is 0 Å². The molecule has 0 atom stereocenters. The molecule has 86 valence electrons. The van der Waals surface area contributed by atoms with Crippen LogP contribution in [0.25, 0.3) is 0 Å². The van der Waals surface area contributed by atoms with Gasteiger partial charge in [0.05, 0.1) is 14.2 Å². The Kier molecular flexibility index (Phi) is 3.55. The van der Waals surface area contributed by atoms with Crippen molar-refractivity contribution in [3.8, 4) is 5.75 Å². The van der Waals surface area contributed by atoms with Crippen LogP contribution in [0.4, 0.5) is 8.78 Å². The number of methoxy groups -OCH3 is 2. The molecule has 16 heavy (non-hydrogen) atoms. The zero-order valence-corrected chi connectivity index (χ0v) is 8.54. The highest BCUT2D eigenvalue weighted by molar-refractivity contribution is 6.40. The third kappa shape index (κ3) is 2.16. The van der Waals surface area contributed by atoms with Crippen molar-refractivity contribution in [3.63, 3.8) is 0 Å². The Morgan fingerprint density at radius 1 is 1.12 bits per heavy atom. The van der Waals surface area contributed by atoms with Gasteiger partial charge in [-0.15, -0.1) is 0 Å². The molecule has 0 saturated carbocycles. The highest BCUT2D eigenvalue weighted by Crippen LogP contribution is 2.21. The van der Waals surface area contributed by atoms with Gasteiger partial charge >= 0.3 is 5.97 Å². The van der Waals surface area contributed by atoms with Gasteiger partial charge in [-0.25, -0.2) is 13.6 Å². The van der Waals surface area contributed by atoms with Crippen LogP contribution in [0, 0.1) is 11.6 Å². The number of carbonyl (C=O) groups excluding carboxylic acids is 2. The number of hydrogen-bond donors (Lipinski definition) is 0. The first-order chi connectivity index (χ1) is 7.51. The van der Waals surface area contributed by atoms with Crippen LogP contribution in [0.15, 0.2) is 12.1 Å². The Labute approximate surface area is 89.8 Å². The lowest BCUT2D eigenvalue weighted by Crippen LogP contribution is -2.18. The normalized spacial score (nSPS) is 9.75. The average molecular weight is 230 g/mol. The highest BCUT2D eigenvalue weighted by Gasteiger charge is 2.25. The molecular formula is C10H8F2O4. The quantitative estimate of drug-likeness (QED) is 0.446. The summed E-state index contributed by atoms with van der Waals surface area (Å²) < 4.78 is 35.3. The van der Waals surface area contributed by atoms with Crippen molar-refractivity contribution in [2.75, 3.05) is 14.2 Å². The summed E-state index contributed by atoms with van der Waals surface area (Å²) in [6.07, 6.45) is 0. The Hall–Kier alpha value is -1.98. The summed E-state index contributed by atoms with van der Waals surface area (Å²) in [7, 11) is 2.16. The minimum Gasteiger partial charge on any atom is -0.497 e. The lowest BCUT2D eigenvalue weighted by atomic mass is 10.1. The summed E-state index contributed by atoms with van der Waals surface area (Å²) in [6, 6.07) is 1.61. The second-order valence-electron chi connectivity index (χ2n) is 2.79. The predicted molar refractivity (Wildman–Crippen MR) is 49.3 cm³/mol. The van der Waals surface area contributed by atoms with Crippen LogP contribution in [0.5, 0.6) is 5.75 Å². The monoisotopic (exact) mass is 230 g/mol. The van der Waals surface area contributed by atoms with Crippen LogP contribution in [0.1, 0.15) is 10.4 Å². The smallest absolute Gasteiger partial charge is 0.379 e. The Balaban J connectivity index is 3.24. The van der Waals surface area contributed by atoms with Crippen LogP contribution in [-0.2, 0) is 9.53 Å². The van der Waals surface area contributed by atoms with E-state index >= 15 is 0 Å². The van der Waals surface area contributed by atoms with E-state index in [1.807, 2.05) is 0 Å². The Morgan fingerprint density at radius 3 is 2.00 bits per heavy atom. The van der Waals surface area contributed by atoms with Crippen molar-refractivity contribution in [1.82, 2.24) is 0 Å². The van der Waals surface area contributed by atoms with Crippen LogP contribution in [0.2, 0.25) is 0 Å². The summed E-state index contributed by atoms with van der Waals surface area (Å²) in [5, 5.41) is 0. The number of hydrogen-bond acceptors (Lipinski definition) is 4. The molecule has 0 spiro atoms. The van der Waals surface area contributed by atoms with Crippen LogP contribution in [0.3, 0.4) is 0 Å². The minimum atomic E-state index is -1.37. The van der Waals surface area contributed by atoms with Crippen molar-refractivity contribution >= 4 is 11.8 Å². The summed E-state index contributed by atoms with van der Waals surface area (Å²) in [6.45, 7) is 0. The minimum absolute atomic E-state index is 0.0867. The number of halogens is 2. The maximum Gasteiger partial charge on any atom is 0.379 e. The highest BCUT2D eigenvalue weighted by atomic mass is 19.1. The second kappa shape index (κ2) is 4.69. The fraction of sp³-hybridized carbons (Fsp3) is 0.200. The largest absolute Gasteiger partial charge is 0.497 e. The maximum atomic E-state index is 13.3. The molecule has 0 saturated heterocycles. The molecule has 0 unspecified atom stereocenters. The number of ether oxygens (including phenoxy) is 2. The molecule has 0 radical (unpaired) electrons. The molecule has 0 aliphatic rings. The van der Waals surface area contributed by atoms with Gasteiger partial charge in [-0.3, -0.25) is 4.79 Å². The SMILES string of the molecule is COC(=O)C(=O)c1c(F)cc(OC)cc1F. The molecule has 0 N–H and O–H groups in total. The van der Waals surface area contributed by atoms with E-state index in [0.717, 1.165) is 19.2 Å². The van der Waals surface area contributed by atoms with Gasteiger partial charge in [-0.05, 0) is 0 Å². The Bertz CT molecular complexity index is 419. The molecule has 0 heterocycles. The Morgan fingerprint density at radius 2 is 1.62 bits per heavy atom. The number of Topliss-reactive ketones (excluding diaryl/α,β-unsaturated/α-hetero) is 1. The standard InChI is InChI=1S/C10H8F2O4/c1-15-5-3-6(11)8(7(12)4-5)9(13)10(14)16-2/h3-4H,1-2H3. The lowest BCUT2D eigenvalue weighted by Gasteiger charge is -2.05. The molecule has 0 aromatic heterocycles. The molecule has 6 heteroatoms. The van der Waals surface area contributed by atoms with E-state index in [9.17, 15) is 18.4 Å².